The molecule has 0 heterocycles. The highest BCUT2D eigenvalue weighted by atomic mass is 16.5. The molecule has 3 nitrogen and oxygen atoms in total. The second-order valence-corrected chi connectivity index (χ2v) is 3.97. The van der Waals surface area contributed by atoms with E-state index >= 15 is 0 Å². The van der Waals surface area contributed by atoms with Gasteiger partial charge in [-0.2, -0.15) is 0 Å². The third kappa shape index (κ3) is 6.13. The molecule has 0 saturated heterocycles. The SMILES string of the molecule is C=C(CC)CC(CC(C)COC)NN. The summed E-state index contributed by atoms with van der Waals surface area (Å²) < 4.78 is 5.09. The van der Waals surface area contributed by atoms with Gasteiger partial charge in [0.15, 0.2) is 0 Å². The number of ether oxygens (including phenoxy) is 1. The van der Waals surface area contributed by atoms with Crippen molar-refractivity contribution in [3.63, 3.8) is 0 Å². The van der Waals surface area contributed by atoms with Crippen LogP contribution < -0.4 is 11.3 Å². The van der Waals surface area contributed by atoms with Crippen LogP contribution in [0.15, 0.2) is 12.2 Å². The minimum absolute atomic E-state index is 0.326. The predicted molar refractivity (Wildman–Crippen MR) is 60.8 cm³/mol. The van der Waals surface area contributed by atoms with Gasteiger partial charge in [0.1, 0.15) is 0 Å². The summed E-state index contributed by atoms with van der Waals surface area (Å²) in [4.78, 5) is 0. The van der Waals surface area contributed by atoms with E-state index in [-0.39, 0.29) is 0 Å². The van der Waals surface area contributed by atoms with Crippen molar-refractivity contribution in [3.05, 3.63) is 12.2 Å². The molecule has 0 aliphatic carbocycles. The monoisotopic (exact) mass is 200 g/mol. The van der Waals surface area contributed by atoms with Gasteiger partial charge in [-0.1, -0.05) is 26.0 Å². The second-order valence-electron chi connectivity index (χ2n) is 3.97. The lowest BCUT2D eigenvalue weighted by molar-refractivity contribution is 0.149. The number of nitrogens with two attached hydrogens (primary N) is 1. The van der Waals surface area contributed by atoms with Crippen molar-refractivity contribution in [2.24, 2.45) is 11.8 Å². The van der Waals surface area contributed by atoms with Gasteiger partial charge in [0.25, 0.3) is 0 Å². The summed E-state index contributed by atoms with van der Waals surface area (Å²) in [6.45, 7) is 9.06. The highest BCUT2D eigenvalue weighted by molar-refractivity contribution is 4.96. The van der Waals surface area contributed by atoms with Crippen LogP contribution in [0.3, 0.4) is 0 Å². The molecule has 0 fully saturated rings. The molecule has 0 aromatic rings. The third-order valence-electron chi connectivity index (χ3n) is 2.41. The third-order valence-corrected chi connectivity index (χ3v) is 2.41. The van der Waals surface area contributed by atoms with Crippen molar-refractivity contribution in [1.29, 1.82) is 0 Å². The molecular formula is C11H24N2O. The number of hydrazine groups is 1. The van der Waals surface area contributed by atoms with Crippen LogP contribution in [0.1, 0.15) is 33.1 Å². The molecule has 0 saturated carbocycles. The van der Waals surface area contributed by atoms with E-state index < -0.39 is 0 Å². The average molecular weight is 200 g/mol. The zero-order chi connectivity index (χ0) is 11.0. The molecule has 0 rings (SSSR count). The number of rotatable bonds is 8. The summed E-state index contributed by atoms with van der Waals surface area (Å²) in [5, 5.41) is 0. The Labute approximate surface area is 87.7 Å². The van der Waals surface area contributed by atoms with Gasteiger partial charge in [0.05, 0.1) is 0 Å². The van der Waals surface area contributed by atoms with Gasteiger partial charge < -0.3 is 4.74 Å². The first kappa shape index (κ1) is 13.6. The van der Waals surface area contributed by atoms with Crippen molar-refractivity contribution in [2.45, 2.75) is 39.2 Å². The van der Waals surface area contributed by atoms with Crippen LogP contribution in [-0.4, -0.2) is 19.8 Å². The van der Waals surface area contributed by atoms with Gasteiger partial charge in [0, 0.05) is 19.8 Å². The van der Waals surface area contributed by atoms with Crippen LogP contribution in [0.5, 0.6) is 0 Å². The summed E-state index contributed by atoms with van der Waals surface area (Å²) in [6.07, 6.45) is 3.02. The summed E-state index contributed by atoms with van der Waals surface area (Å²) in [6, 6.07) is 0.326. The Bertz CT molecular complexity index is 159. The fraction of sp³-hybridized carbons (Fsp3) is 0.818. The van der Waals surface area contributed by atoms with E-state index in [1.807, 2.05) is 0 Å². The lowest BCUT2D eigenvalue weighted by Crippen LogP contribution is -2.37. The quantitative estimate of drug-likeness (QED) is 0.357. The zero-order valence-electron chi connectivity index (χ0n) is 9.68. The lowest BCUT2D eigenvalue weighted by atomic mass is 9.97. The van der Waals surface area contributed by atoms with E-state index in [2.05, 4.69) is 25.9 Å². The van der Waals surface area contributed by atoms with Gasteiger partial charge in [-0.25, -0.2) is 0 Å². The Morgan fingerprint density at radius 3 is 2.64 bits per heavy atom. The fourth-order valence-corrected chi connectivity index (χ4v) is 1.54. The summed E-state index contributed by atoms with van der Waals surface area (Å²) in [5.41, 5.74) is 4.09. The largest absolute Gasteiger partial charge is 0.384 e. The first-order valence-corrected chi connectivity index (χ1v) is 5.25. The highest BCUT2D eigenvalue weighted by Gasteiger charge is 2.12. The molecule has 0 aliphatic rings. The second kappa shape index (κ2) is 7.97. The molecule has 2 unspecified atom stereocenters. The zero-order valence-corrected chi connectivity index (χ0v) is 9.68. The van der Waals surface area contributed by atoms with E-state index in [0.29, 0.717) is 12.0 Å². The van der Waals surface area contributed by atoms with Crippen LogP contribution in [-0.2, 0) is 4.74 Å². The van der Waals surface area contributed by atoms with Gasteiger partial charge in [0.2, 0.25) is 0 Å². The van der Waals surface area contributed by atoms with Crippen molar-refractivity contribution in [2.75, 3.05) is 13.7 Å². The van der Waals surface area contributed by atoms with Crippen LogP contribution >= 0.6 is 0 Å². The molecule has 0 amide bonds. The molecule has 14 heavy (non-hydrogen) atoms. The minimum Gasteiger partial charge on any atom is -0.384 e. The first-order valence-electron chi connectivity index (χ1n) is 5.25. The Morgan fingerprint density at radius 2 is 2.21 bits per heavy atom. The summed E-state index contributed by atoms with van der Waals surface area (Å²) in [5.74, 6) is 6.02. The Morgan fingerprint density at radius 1 is 1.57 bits per heavy atom. The molecule has 0 bridgehead atoms. The standard InChI is InChI=1S/C11H24N2O/c1-5-9(2)6-11(13-12)7-10(3)8-14-4/h10-11,13H,2,5-8,12H2,1,3-4H3. The highest BCUT2D eigenvalue weighted by Crippen LogP contribution is 2.14. The normalized spacial score (nSPS) is 15.1. The molecule has 84 valence electrons. The molecular weight excluding hydrogens is 176 g/mol. The smallest absolute Gasteiger partial charge is 0.0488 e. The summed E-state index contributed by atoms with van der Waals surface area (Å²) in [7, 11) is 1.73. The van der Waals surface area contributed by atoms with Crippen molar-refractivity contribution in [3.8, 4) is 0 Å². The first-order chi connectivity index (χ1) is 6.63. The summed E-state index contributed by atoms with van der Waals surface area (Å²) >= 11 is 0. The van der Waals surface area contributed by atoms with Crippen LogP contribution in [0.2, 0.25) is 0 Å². The Hall–Kier alpha value is -0.380. The van der Waals surface area contributed by atoms with E-state index in [1.165, 1.54) is 5.57 Å². The average Bonchev–Trinajstić information content (AvgIpc) is 2.16. The van der Waals surface area contributed by atoms with Crippen LogP contribution in [0.4, 0.5) is 0 Å². The Kier molecular flexibility index (Phi) is 7.76. The number of nitrogens with one attached hydrogen (secondary N) is 1. The maximum atomic E-state index is 5.49. The van der Waals surface area contributed by atoms with E-state index in [4.69, 9.17) is 10.6 Å². The van der Waals surface area contributed by atoms with Crippen molar-refractivity contribution < 1.29 is 4.74 Å². The fourth-order valence-electron chi connectivity index (χ4n) is 1.54. The minimum atomic E-state index is 0.326. The van der Waals surface area contributed by atoms with Crippen LogP contribution in [0, 0.1) is 5.92 Å². The molecule has 0 aliphatic heterocycles. The van der Waals surface area contributed by atoms with Gasteiger partial charge in [-0.15, -0.1) is 0 Å². The van der Waals surface area contributed by atoms with Gasteiger partial charge in [-0.05, 0) is 25.2 Å². The molecule has 0 aromatic carbocycles. The van der Waals surface area contributed by atoms with Crippen molar-refractivity contribution in [1.82, 2.24) is 5.43 Å². The lowest BCUT2D eigenvalue weighted by Gasteiger charge is -2.20. The van der Waals surface area contributed by atoms with Crippen molar-refractivity contribution >= 4 is 0 Å². The molecule has 0 radical (unpaired) electrons. The molecule has 3 heteroatoms. The number of hydrogen-bond acceptors (Lipinski definition) is 3. The molecule has 0 spiro atoms. The number of hydrogen-bond donors (Lipinski definition) is 2. The van der Waals surface area contributed by atoms with Crippen LogP contribution in [0.25, 0.3) is 0 Å². The maximum Gasteiger partial charge on any atom is 0.0488 e. The van der Waals surface area contributed by atoms with E-state index in [1.54, 1.807) is 7.11 Å². The predicted octanol–water partition coefficient (Wildman–Crippen LogP) is 1.85. The van der Waals surface area contributed by atoms with E-state index in [0.717, 1.165) is 25.9 Å². The Balaban J connectivity index is 3.83. The molecule has 3 N–H and O–H groups in total. The van der Waals surface area contributed by atoms with E-state index in [9.17, 15) is 0 Å². The molecule has 0 aromatic heterocycles. The topological polar surface area (TPSA) is 47.3 Å². The number of methoxy groups -OCH3 is 1. The van der Waals surface area contributed by atoms with Gasteiger partial charge >= 0.3 is 0 Å². The van der Waals surface area contributed by atoms with Gasteiger partial charge in [-0.3, -0.25) is 11.3 Å². The maximum absolute atomic E-state index is 5.49. The molecule has 2 atom stereocenters.